The molecule has 0 aliphatic carbocycles. The van der Waals surface area contributed by atoms with E-state index < -0.39 is 85.2 Å². The fourth-order valence-electron chi connectivity index (χ4n) is 6.77. The minimum absolute atomic E-state index is 0.00756. The monoisotopic (exact) mass is 747 g/mol. The third kappa shape index (κ3) is 10.2. The van der Waals surface area contributed by atoms with Crippen LogP contribution in [0.5, 0.6) is 0 Å². The maximum Gasteiger partial charge on any atom is 0.305 e. The number of anilines is 1. The molecule has 0 saturated carbocycles. The van der Waals surface area contributed by atoms with Crippen LogP contribution < -0.4 is 10.6 Å². The van der Waals surface area contributed by atoms with Gasteiger partial charge in [-0.1, -0.05) is 62.4 Å². The number of nitrogens with zero attached hydrogens (tertiary/aromatic N) is 2. The first-order valence-electron chi connectivity index (χ1n) is 17.5. The number of benzene rings is 3. The Morgan fingerprint density at radius 2 is 1.28 bits per heavy atom. The van der Waals surface area contributed by atoms with Gasteiger partial charge < -0.3 is 40.9 Å². The number of hydrogen-bond acceptors (Lipinski definition) is 8. The molecule has 0 radical (unpaired) electrons. The number of halogens is 1. The topological polar surface area (TPSA) is 224 Å². The van der Waals surface area contributed by atoms with Gasteiger partial charge in [0.2, 0.25) is 5.91 Å². The highest BCUT2D eigenvalue weighted by Crippen LogP contribution is 2.44. The number of aliphatic carboxylic acids is 2. The van der Waals surface area contributed by atoms with Crippen molar-refractivity contribution in [3.63, 3.8) is 0 Å². The molecule has 4 rings (SSSR count). The summed E-state index contributed by atoms with van der Waals surface area (Å²) in [6.07, 6.45) is -7.99. The molecule has 14 heteroatoms. The van der Waals surface area contributed by atoms with E-state index in [-0.39, 0.29) is 30.6 Å². The molecule has 8 N–H and O–H groups in total. The Morgan fingerprint density at radius 3 is 1.80 bits per heavy atom. The third-order valence-electron chi connectivity index (χ3n) is 9.00. The number of carboxylic acid groups (broad SMARTS) is 2. The van der Waals surface area contributed by atoms with Crippen molar-refractivity contribution < 1.29 is 54.2 Å². The summed E-state index contributed by atoms with van der Waals surface area (Å²) in [7, 11) is 0. The maximum atomic E-state index is 15.5. The molecule has 0 unspecified atom stereocenters. The molecule has 0 aliphatic rings. The molecule has 0 saturated heterocycles. The standard InChI is InChI=1S/C40H46FN3O10/c1-23(2)36-35(40(54)44(27-11-7-4-8-12-27)38(39(42)53)31(48)20-30(47)22-33(51)52)34(24-9-5-3-6-10-24)37(25-13-15-26(41)16-14-25)43(36)18-17-28(45)19-29(46)21-32(49)50/h3-16,23,28-31,38,45-48H,17-22H2,1-2H3,(H2,42,53)(H,49,50)(H,51,52)/t28-,29-,30+,31+,38+/m1/s1. The number of primary amides is 1. The summed E-state index contributed by atoms with van der Waals surface area (Å²) in [4.78, 5) is 52.2. The Hall–Kier alpha value is -5.41. The molecule has 3 aromatic carbocycles. The lowest BCUT2D eigenvalue weighted by Gasteiger charge is -2.34. The molecule has 0 spiro atoms. The van der Waals surface area contributed by atoms with Gasteiger partial charge in [0, 0.05) is 29.9 Å². The summed E-state index contributed by atoms with van der Waals surface area (Å²) in [5.74, 6) is -5.42. The number of para-hydroxylation sites is 1. The predicted molar refractivity (Wildman–Crippen MR) is 198 cm³/mol. The maximum absolute atomic E-state index is 15.5. The first-order valence-corrected chi connectivity index (χ1v) is 17.5. The van der Waals surface area contributed by atoms with Crippen LogP contribution in [0, 0.1) is 5.82 Å². The summed E-state index contributed by atoms with van der Waals surface area (Å²) >= 11 is 0. The summed E-state index contributed by atoms with van der Waals surface area (Å²) in [6, 6.07) is 20.6. The highest BCUT2D eigenvalue weighted by molar-refractivity contribution is 6.16. The van der Waals surface area contributed by atoms with Gasteiger partial charge in [-0.2, -0.15) is 0 Å². The Balaban J connectivity index is 2.03. The molecule has 2 amide bonds. The van der Waals surface area contributed by atoms with Gasteiger partial charge in [0.05, 0.1) is 48.5 Å². The number of rotatable bonds is 19. The molecule has 288 valence electrons. The number of aliphatic hydroxyl groups is 4. The second-order valence-electron chi connectivity index (χ2n) is 13.5. The number of carbonyl (C=O) groups is 4. The molecule has 0 aliphatic heterocycles. The van der Waals surface area contributed by atoms with E-state index in [9.17, 15) is 44.3 Å². The number of aromatic nitrogens is 1. The number of nitrogens with two attached hydrogens (primary N) is 1. The fraction of sp³-hybridized carbons (Fsp3) is 0.350. The first kappa shape index (κ1) is 41.3. The largest absolute Gasteiger partial charge is 0.481 e. The Labute approximate surface area is 311 Å². The van der Waals surface area contributed by atoms with Crippen molar-refractivity contribution in [2.75, 3.05) is 4.90 Å². The van der Waals surface area contributed by atoms with Crippen LogP contribution in [0.4, 0.5) is 10.1 Å². The lowest BCUT2D eigenvalue weighted by molar-refractivity contribution is -0.140. The van der Waals surface area contributed by atoms with E-state index in [2.05, 4.69) is 0 Å². The molecule has 54 heavy (non-hydrogen) atoms. The van der Waals surface area contributed by atoms with E-state index in [0.29, 0.717) is 28.1 Å². The highest BCUT2D eigenvalue weighted by Gasteiger charge is 2.41. The SMILES string of the molecule is CC(C)c1c(C(=O)N(c2ccccc2)[C@H](C(N)=O)[C@@H](O)C[C@H](O)CC(=O)O)c(-c2ccccc2)c(-c2ccc(F)cc2)n1CC[C@@H](O)C[C@@H](O)CC(=O)O. The van der Waals surface area contributed by atoms with E-state index in [4.69, 9.17) is 10.8 Å². The van der Waals surface area contributed by atoms with Gasteiger partial charge in [0.25, 0.3) is 5.91 Å². The Bertz CT molecular complexity index is 1900. The van der Waals surface area contributed by atoms with Gasteiger partial charge in [0.1, 0.15) is 11.9 Å². The van der Waals surface area contributed by atoms with Gasteiger partial charge >= 0.3 is 11.9 Å². The zero-order chi connectivity index (χ0) is 39.7. The van der Waals surface area contributed by atoms with Gasteiger partial charge in [0.15, 0.2) is 0 Å². The Kier molecular flexibility index (Phi) is 14.2. The second-order valence-corrected chi connectivity index (χ2v) is 13.5. The Morgan fingerprint density at radius 1 is 0.741 bits per heavy atom. The third-order valence-corrected chi connectivity index (χ3v) is 9.00. The van der Waals surface area contributed by atoms with Crippen LogP contribution >= 0.6 is 0 Å². The first-order chi connectivity index (χ1) is 25.6. The van der Waals surface area contributed by atoms with E-state index in [0.717, 1.165) is 4.90 Å². The van der Waals surface area contributed by atoms with Gasteiger partial charge in [-0.3, -0.25) is 24.1 Å². The number of amides is 2. The van der Waals surface area contributed by atoms with E-state index in [1.807, 2.05) is 13.8 Å². The summed E-state index contributed by atoms with van der Waals surface area (Å²) in [5.41, 5.74) is 8.44. The quantitative estimate of drug-likeness (QED) is 0.0726. The normalized spacial score (nSPS) is 14.2. The molecule has 5 atom stereocenters. The van der Waals surface area contributed by atoms with Gasteiger partial charge in [-0.05, 0) is 66.3 Å². The summed E-state index contributed by atoms with van der Waals surface area (Å²) in [6.45, 7) is 3.70. The minimum atomic E-state index is -1.81. The second kappa shape index (κ2) is 18.6. The van der Waals surface area contributed by atoms with Crippen molar-refractivity contribution in [2.24, 2.45) is 5.73 Å². The molecule has 4 aromatic rings. The average molecular weight is 748 g/mol. The van der Waals surface area contributed by atoms with E-state index in [1.54, 1.807) is 53.1 Å². The number of hydrogen-bond donors (Lipinski definition) is 7. The van der Waals surface area contributed by atoms with Crippen LogP contribution in [0.2, 0.25) is 0 Å². The van der Waals surface area contributed by atoms with E-state index in [1.165, 1.54) is 36.4 Å². The van der Waals surface area contributed by atoms with Gasteiger partial charge in [-0.15, -0.1) is 0 Å². The molecule has 0 bridgehead atoms. The van der Waals surface area contributed by atoms with Crippen LogP contribution in [0.25, 0.3) is 22.4 Å². The molecular formula is C40H46FN3O10. The zero-order valence-electron chi connectivity index (χ0n) is 30.0. The van der Waals surface area contributed by atoms with Crippen LogP contribution in [-0.4, -0.2) is 89.4 Å². The predicted octanol–water partition coefficient (Wildman–Crippen LogP) is 4.15. The van der Waals surface area contributed by atoms with Crippen molar-refractivity contribution in [1.29, 1.82) is 0 Å². The molecular weight excluding hydrogens is 701 g/mol. The number of aliphatic hydroxyl groups excluding tert-OH is 4. The van der Waals surface area contributed by atoms with Crippen molar-refractivity contribution >= 4 is 29.4 Å². The average Bonchev–Trinajstić information content (AvgIpc) is 3.45. The van der Waals surface area contributed by atoms with Crippen molar-refractivity contribution in [2.45, 2.75) is 88.9 Å². The number of carboxylic acids is 2. The smallest absolute Gasteiger partial charge is 0.305 e. The minimum Gasteiger partial charge on any atom is -0.481 e. The van der Waals surface area contributed by atoms with Crippen LogP contribution in [0.15, 0.2) is 84.9 Å². The zero-order valence-corrected chi connectivity index (χ0v) is 30.0. The molecule has 13 nitrogen and oxygen atoms in total. The van der Waals surface area contributed by atoms with Crippen LogP contribution in [-0.2, 0) is 20.9 Å². The summed E-state index contributed by atoms with van der Waals surface area (Å²) in [5, 5.41) is 61.3. The molecule has 1 heterocycles. The van der Waals surface area contributed by atoms with E-state index >= 15 is 4.79 Å². The van der Waals surface area contributed by atoms with Gasteiger partial charge in [-0.25, -0.2) is 4.39 Å². The fourth-order valence-corrected chi connectivity index (χ4v) is 6.77. The molecule has 0 fully saturated rings. The molecule has 1 aromatic heterocycles. The van der Waals surface area contributed by atoms with Crippen molar-refractivity contribution in [3.05, 3.63) is 102 Å². The summed E-state index contributed by atoms with van der Waals surface area (Å²) < 4.78 is 16.1. The van der Waals surface area contributed by atoms with Crippen LogP contribution in [0.3, 0.4) is 0 Å². The lowest BCUT2D eigenvalue weighted by Crippen LogP contribution is -2.55. The number of carbonyl (C=O) groups excluding carboxylic acids is 2. The lowest BCUT2D eigenvalue weighted by atomic mass is 9.92. The van der Waals surface area contributed by atoms with Crippen molar-refractivity contribution in [3.8, 4) is 22.4 Å². The van der Waals surface area contributed by atoms with Crippen LogP contribution in [0.1, 0.15) is 67.9 Å². The van der Waals surface area contributed by atoms with Crippen molar-refractivity contribution in [1.82, 2.24) is 4.57 Å². The highest BCUT2D eigenvalue weighted by atomic mass is 19.1.